The first-order chi connectivity index (χ1) is 14.7. The molecule has 0 bridgehead atoms. The van der Waals surface area contributed by atoms with Crippen LogP contribution >= 0.6 is 0 Å². The molecule has 6 heteroatoms. The van der Waals surface area contributed by atoms with E-state index in [1.165, 1.54) is 0 Å². The van der Waals surface area contributed by atoms with Crippen molar-refractivity contribution in [1.82, 2.24) is 20.2 Å². The minimum atomic E-state index is 0.347. The van der Waals surface area contributed by atoms with Crippen LogP contribution in [0.4, 0.5) is 0 Å². The summed E-state index contributed by atoms with van der Waals surface area (Å²) in [6.45, 7) is 4.06. The van der Waals surface area contributed by atoms with Crippen molar-refractivity contribution in [3.05, 3.63) is 84.2 Å². The lowest BCUT2D eigenvalue weighted by Gasteiger charge is -2.11. The maximum Gasteiger partial charge on any atom is 0.253 e. The van der Waals surface area contributed by atoms with Crippen molar-refractivity contribution in [3.8, 4) is 34.5 Å². The van der Waals surface area contributed by atoms with Crippen molar-refractivity contribution < 1.29 is 9.15 Å². The predicted molar refractivity (Wildman–Crippen MR) is 114 cm³/mol. The molecule has 0 atom stereocenters. The average molecular weight is 394 g/mol. The minimum Gasteiger partial charge on any atom is -0.438 e. The number of pyridine rings is 2. The first kappa shape index (κ1) is 18.0. The zero-order valence-corrected chi connectivity index (χ0v) is 16.5. The van der Waals surface area contributed by atoms with Crippen LogP contribution in [-0.2, 0) is 0 Å². The molecule has 0 spiro atoms. The number of hydrogen-bond acceptors (Lipinski definition) is 6. The number of nitrogens with zero attached hydrogens (tertiary/aromatic N) is 4. The first-order valence-electron chi connectivity index (χ1n) is 9.56. The van der Waals surface area contributed by atoms with Crippen LogP contribution in [0.15, 0.2) is 77.5 Å². The minimum absolute atomic E-state index is 0.347. The molecule has 3 heterocycles. The Morgan fingerprint density at radius 3 is 2.40 bits per heavy atom. The van der Waals surface area contributed by atoms with Crippen molar-refractivity contribution in [2.24, 2.45) is 0 Å². The topological polar surface area (TPSA) is 73.9 Å². The molecular weight excluding hydrogens is 376 g/mol. The molecule has 0 radical (unpaired) electrons. The molecule has 6 nitrogen and oxygen atoms in total. The largest absolute Gasteiger partial charge is 0.438 e. The molecule has 2 aromatic carbocycles. The monoisotopic (exact) mass is 394 g/mol. The van der Waals surface area contributed by atoms with E-state index in [-0.39, 0.29) is 0 Å². The lowest BCUT2D eigenvalue weighted by atomic mass is 10.1. The van der Waals surface area contributed by atoms with Crippen LogP contribution in [0.3, 0.4) is 0 Å². The number of para-hydroxylation sites is 1. The van der Waals surface area contributed by atoms with E-state index in [2.05, 4.69) is 15.2 Å². The maximum atomic E-state index is 6.15. The second-order valence-corrected chi connectivity index (χ2v) is 7.05. The summed E-state index contributed by atoms with van der Waals surface area (Å²) in [5.41, 5.74) is 4.53. The molecule has 0 unspecified atom stereocenters. The van der Waals surface area contributed by atoms with Crippen LogP contribution in [0.25, 0.3) is 33.8 Å². The van der Waals surface area contributed by atoms with Gasteiger partial charge in [-0.2, -0.15) is 0 Å². The van der Waals surface area contributed by atoms with Gasteiger partial charge < -0.3 is 9.15 Å². The van der Waals surface area contributed by atoms with Gasteiger partial charge in [-0.05, 0) is 49.7 Å². The Morgan fingerprint density at radius 2 is 1.60 bits per heavy atom. The Labute approximate surface area is 173 Å². The molecular formula is C24H18N4O2. The van der Waals surface area contributed by atoms with Gasteiger partial charge in [0.2, 0.25) is 11.8 Å². The summed E-state index contributed by atoms with van der Waals surface area (Å²) >= 11 is 0. The smallest absolute Gasteiger partial charge is 0.253 e. The van der Waals surface area contributed by atoms with Crippen LogP contribution in [0.1, 0.15) is 11.1 Å². The summed E-state index contributed by atoms with van der Waals surface area (Å²) in [7, 11) is 0. The summed E-state index contributed by atoms with van der Waals surface area (Å²) in [6.07, 6.45) is 3.37. The molecule has 5 aromatic rings. The molecule has 0 aliphatic rings. The summed E-state index contributed by atoms with van der Waals surface area (Å²) in [5.74, 6) is 1.87. The molecule has 0 amide bonds. The lowest BCUT2D eigenvalue weighted by molar-refractivity contribution is 0.463. The highest BCUT2D eigenvalue weighted by molar-refractivity contribution is 5.87. The van der Waals surface area contributed by atoms with Crippen molar-refractivity contribution in [3.63, 3.8) is 0 Å². The van der Waals surface area contributed by atoms with E-state index in [4.69, 9.17) is 14.1 Å². The van der Waals surface area contributed by atoms with Gasteiger partial charge in [0.1, 0.15) is 11.3 Å². The van der Waals surface area contributed by atoms with E-state index < -0.39 is 0 Å². The highest BCUT2D eigenvalue weighted by atomic mass is 16.5. The van der Waals surface area contributed by atoms with Crippen molar-refractivity contribution >= 4 is 10.9 Å². The first-order valence-corrected chi connectivity index (χ1v) is 9.56. The van der Waals surface area contributed by atoms with Crippen LogP contribution in [-0.4, -0.2) is 20.2 Å². The van der Waals surface area contributed by atoms with Gasteiger partial charge in [-0.15, -0.1) is 10.2 Å². The van der Waals surface area contributed by atoms with E-state index in [0.717, 1.165) is 27.6 Å². The lowest BCUT2D eigenvalue weighted by Crippen LogP contribution is -1.95. The molecule has 0 saturated heterocycles. The van der Waals surface area contributed by atoms with Crippen LogP contribution in [0.2, 0.25) is 0 Å². The second-order valence-electron chi connectivity index (χ2n) is 7.05. The van der Waals surface area contributed by atoms with Crippen molar-refractivity contribution in [2.45, 2.75) is 13.8 Å². The van der Waals surface area contributed by atoms with Gasteiger partial charge in [0.25, 0.3) is 5.89 Å². The number of aromatic nitrogens is 4. The van der Waals surface area contributed by atoms with Crippen LogP contribution in [0, 0.1) is 13.8 Å². The van der Waals surface area contributed by atoms with E-state index in [9.17, 15) is 0 Å². The van der Waals surface area contributed by atoms with E-state index >= 15 is 0 Å². The number of benzene rings is 2. The number of hydrogen-bond donors (Lipinski definition) is 0. The third-order valence-electron chi connectivity index (χ3n) is 4.83. The average Bonchev–Trinajstić information content (AvgIpc) is 3.26. The van der Waals surface area contributed by atoms with Gasteiger partial charge in [-0.25, -0.2) is 4.98 Å². The van der Waals surface area contributed by atoms with E-state index in [1.807, 2.05) is 74.5 Å². The Hall–Kier alpha value is -4.06. The van der Waals surface area contributed by atoms with Gasteiger partial charge >= 0.3 is 0 Å². The third-order valence-corrected chi connectivity index (χ3v) is 4.83. The Morgan fingerprint density at radius 1 is 0.833 bits per heavy atom. The summed E-state index contributed by atoms with van der Waals surface area (Å²) < 4.78 is 12.1. The van der Waals surface area contributed by atoms with Crippen LogP contribution < -0.4 is 4.74 Å². The number of ether oxygens (including phenoxy) is 1. The van der Waals surface area contributed by atoms with Crippen molar-refractivity contribution in [1.29, 1.82) is 0 Å². The predicted octanol–water partition coefficient (Wildman–Crippen LogP) is 5.76. The molecule has 0 saturated carbocycles. The summed E-state index contributed by atoms with van der Waals surface area (Å²) in [5, 5.41) is 9.42. The quantitative estimate of drug-likeness (QED) is 0.386. The van der Waals surface area contributed by atoms with E-state index in [0.29, 0.717) is 29.0 Å². The molecule has 5 rings (SSSR count). The third kappa shape index (κ3) is 3.39. The summed E-state index contributed by atoms with van der Waals surface area (Å²) in [6, 6.07) is 19.5. The highest BCUT2D eigenvalue weighted by Crippen LogP contribution is 2.35. The number of rotatable bonds is 4. The summed E-state index contributed by atoms with van der Waals surface area (Å²) in [4.78, 5) is 8.82. The number of fused-ring (bicyclic) bond motifs is 1. The second kappa shape index (κ2) is 7.40. The standard InChI is InChI=1S/C24H18N4O2/c1-15-6-8-19(9-7-15)29-23-20(14-18-5-3-4-16(2)21(18)26-23)24-28-27-22(30-24)17-10-12-25-13-11-17/h3-14H,1-2H3. The maximum absolute atomic E-state index is 6.15. The molecule has 0 aliphatic heterocycles. The van der Waals surface area contributed by atoms with Gasteiger partial charge in [-0.3, -0.25) is 4.98 Å². The molecule has 30 heavy (non-hydrogen) atoms. The van der Waals surface area contributed by atoms with Crippen molar-refractivity contribution in [2.75, 3.05) is 0 Å². The molecule has 3 aromatic heterocycles. The van der Waals surface area contributed by atoms with Gasteiger partial charge in [0.05, 0.1) is 5.52 Å². The Bertz CT molecular complexity index is 1330. The fourth-order valence-electron chi connectivity index (χ4n) is 3.22. The van der Waals surface area contributed by atoms with Gasteiger partial charge in [0, 0.05) is 23.3 Å². The van der Waals surface area contributed by atoms with Gasteiger partial charge in [0.15, 0.2) is 0 Å². The molecule has 0 N–H and O–H groups in total. The van der Waals surface area contributed by atoms with E-state index in [1.54, 1.807) is 12.4 Å². The fourth-order valence-corrected chi connectivity index (χ4v) is 3.22. The SMILES string of the molecule is Cc1ccc(Oc2nc3c(C)cccc3cc2-c2nnc(-c3ccncc3)o2)cc1. The highest BCUT2D eigenvalue weighted by Gasteiger charge is 2.19. The van der Waals surface area contributed by atoms with Gasteiger partial charge in [-0.1, -0.05) is 35.9 Å². The molecule has 0 fully saturated rings. The van der Waals surface area contributed by atoms with Crippen LogP contribution in [0.5, 0.6) is 11.6 Å². The Balaban J connectivity index is 1.64. The molecule has 146 valence electrons. The zero-order chi connectivity index (χ0) is 20.5. The Kier molecular flexibility index (Phi) is 4.44. The zero-order valence-electron chi connectivity index (χ0n) is 16.5. The fraction of sp³-hybridized carbons (Fsp3) is 0.0833. The normalized spacial score (nSPS) is 11.0. The number of aryl methyl sites for hydroxylation is 2. The molecule has 0 aliphatic carbocycles.